The highest BCUT2D eigenvalue weighted by atomic mass is 35.5. The van der Waals surface area contributed by atoms with Gasteiger partial charge in [0, 0.05) is 5.56 Å². The molecule has 0 aliphatic heterocycles. The van der Waals surface area contributed by atoms with Gasteiger partial charge in [-0.1, -0.05) is 23.2 Å². The monoisotopic (exact) mass is 209 g/mol. The first kappa shape index (κ1) is 9.11. The van der Waals surface area contributed by atoms with Gasteiger partial charge in [-0.15, -0.1) is 11.6 Å². The van der Waals surface area contributed by atoms with Crippen molar-refractivity contribution < 1.29 is 0 Å². The molecule has 11 heavy (non-hydrogen) atoms. The van der Waals surface area contributed by atoms with Gasteiger partial charge in [0.1, 0.15) is 10.3 Å². The first-order chi connectivity index (χ1) is 5.15. The number of halogens is 3. The van der Waals surface area contributed by atoms with E-state index in [1.807, 2.05) is 6.92 Å². The molecule has 0 aliphatic rings. The molecular weight excluding hydrogens is 204 g/mol. The van der Waals surface area contributed by atoms with Crippen molar-refractivity contribution in [3.05, 3.63) is 27.5 Å². The van der Waals surface area contributed by atoms with Crippen molar-refractivity contribution in [2.45, 2.75) is 12.8 Å². The minimum absolute atomic E-state index is 0.370. The Morgan fingerprint density at radius 1 is 1.45 bits per heavy atom. The maximum Gasteiger partial charge on any atom is 0.135 e. The Bertz CT molecular complexity index is 249. The van der Waals surface area contributed by atoms with Crippen LogP contribution >= 0.6 is 34.8 Å². The minimum Gasteiger partial charge on any atom is -0.224 e. The number of alkyl halides is 1. The number of hydrogen-bond donors (Lipinski definition) is 0. The van der Waals surface area contributed by atoms with Gasteiger partial charge in [0.05, 0.1) is 5.88 Å². The highest BCUT2D eigenvalue weighted by molar-refractivity contribution is 6.33. The molecule has 1 aromatic heterocycles. The first-order valence-corrected chi connectivity index (χ1v) is 4.31. The zero-order valence-electron chi connectivity index (χ0n) is 5.87. The van der Waals surface area contributed by atoms with E-state index >= 15 is 0 Å². The lowest BCUT2D eigenvalue weighted by molar-refractivity contribution is 1.19. The van der Waals surface area contributed by atoms with E-state index in [-0.39, 0.29) is 0 Å². The van der Waals surface area contributed by atoms with Crippen LogP contribution in [0.1, 0.15) is 11.1 Å². The van der Waals surface area contributed by atoms with Crippen molar-refractivity contribution in [2.75, 3.05) is 0 Å². The van der Waals surface area contributed by atoms with Gasteiger partial charge in [-0.3, -0.25) is 0 Å². The second-order valence-electron chi connectivity index (χ2n) is 2.16. The Labute approximate surface area is 80.3 Å². The summed E-state index contributed by atoms with van der Waals surface area (Å²) in [6.07, 6.45) is 0. The van der Waals surface area contributed by atoms with Crippen molar-refractivity contribution in [3.8, 4) is 0 Å². The first-order valence-electron chi connectivity index (χ1n) is 3.02. The predicted octanol–water partition coefficient (Wildman–Crippen LogP) is 3.44. The van der Waals surface area contributed by atoms with Crippen LogP contribution in [0.15, 0.2) is 6.07 Å². The topological polar surface area (TPSA) is 12.9 Å². The van der Waals surface area contributed by atoms with Crippen molar-refractivity contribution in [3.63, 3.8) is 0 Å². The van der Waals surface area contributed by atoms with Gasteiger partial charge in [0.2, 0.25) is 0 Å². The summed E-state index contributed by atoms with van der Waals surface area (Å²) in [7, 11) is 0. The van der Waals surface area contributed by atoms with E-state index in [9.17, 15) is 0 Å². The summed E-state index contributed by atoms with van der Waals surface area (Å²) in [6, 6.07) is 1.74. The summed E-state index contributed by atoms with van der Waals surface area (Å²) in [5, 5.41) is 0.798. The number of aromatic nitrogens is 1. The van der Waals surface area contributed by atoms with Gasteiger partial charge in [-0.25, -0.2) is 4.98 Å². The van der Waals surface area contributed by atoms with Crippen LogP contribution in [0, 0.1) is 6.92 Å². The van der Waals surface area contributed by atoms with Crippen molar-refractivity contribution >= 4 is 34.8 Å². The SMILES string of the molecule is Cc1cc(Cl)nc(Cl)c1CCl. The standard InChI is InChI=1S/C7H6Cl3N/c1-4-2-6(9)11-7(10)5(4)3-8/h2H,3H2,1H3. The van der Waals surface area contributed by atoms with Crippen LogP contribution in [0.25, 0.3) is 0 Å². The highest BCUT2D eigenvalue weighted by Gasteiger charge is 2.05. The van der Waals surface area contributed by atoms with E-state index in [1.165, 1.54) is 0 Å². The molecule has 0 aromatic carbocycles. The average Bonchev–Trinajstić information content (AvgIpc) is 1.85. The Morgan fingerprint density at radius 3 is 2.55 bits per heavy atom. The molecular formula is C7H6Cl3N. The molecule has 0 saturated carbocycles. The molecule has 0 fully saturated rings. The lowest BCUT2D eigenvalue weighted by atomic mass is 10.2. The van der Waals surface area contributed by atoms with E-state index in [2.05, 4.69) is 4.98 Å². The number of rotatable bonds is 1. The quantitative estimate of drug-likeness (QED) is 0.511. The molecule has 0 spiro atoms. The van der Waals surface area contributed by atoms with E-state index < -0.39 is 0 Å². The molecule has 0 aliphatic carbocycles. The summed E-state index contributed by atoms with van der Waals surface area (Å²) in [5.41, 5.74) is 1.82. The molecule has 0 bridgehead atoms. The Morgan fingerprint density at radius 2 is 2.09 bits per heavy atom. The van der Waals surface area contributed by atoms with Crippen molar-refractivity contribution in [2.24, 2.45) is 0 Å². The summed E-state index contributed by atoms with van der Waals surface area (Å²) in [4.78, 5) is 3.85. The maximum atomic E-state index is 5.75. The molecule has 1 nitrogen and oxygen atoms in total. The van der Waals surface area contributed by atoms with Crippen LogP contribution in [0.4, 0.5) is 0 Å². The highest BCUT2D eigenvalue weighted by Crippen LogP contribution is 2.22. The third-order valence-corrected chi connectivity index (χ3v) is 2.17. The number of pyridine rings is 1. The van der Waals surface area contributed by atoms with Crippen LogP contribution in [-0.4, -0.2) is 4.98 Å². The normalized spacial score (nSPS) is 10.2. The summed E-state index contributed by atoms with van der Waals surface area (Å²) < 4.78 is 0. The van der Waals surface area contributed by atoms with Gasteiger partial charge < -0.3 is 0 Å². The molecule has 1 heterocycles. The lowest BCUT2D eigenvalue weighted by Gasteiger charge is -2.03. The van der Waals surface area contributed by atoms with Crippen LogP contribution in [0.3, 0.4) is 0 Å². The molecule has 1 rings (SSSR count). The van der Waals surface area contributed by atoms with E-state index in [0.29, 0.717) is 16.2 Å². The molecule has 0 amide bonds. The Balaban J connectivity index is 3.25. The van der Waals surface area contributed by atoms with Crippen LogP contribution in [0.2, 0.25) is 10.3 Å². The third kappa shape index (κ3) is 1.98. The molecule has 0 N–H and O–H groups in total. The molecule has 4 heteroatoms. The molecule has 0 radical (unpaired) electrons. The smallest absolute Gasteiger partial charge is 0.135 e. The predicted molar refractivity (Wildman–Crippen MR) is 48.6 cm³/mol. The van der Waals surface area contributed by atoms with Crippen LogP contribution < -0.4 is 0 Å². The fourth-order valence-electron chi connectivity index (χ4n) is 0.783. The van der Waals surface area contributed by atoms with Gasteiger partial charge in [-0.2, -0.15) is 0 Å². The fourth-order valence-corrected chi connectivity index (χ4v) is 1.79. The van der Waals surface area contributed by atoms with Gasteiger partial charge in [0.15, 0.2) is 0 Å². The average molecular weight is 210 g/mol. The minimum atomic E-state index is 0.370. The van der Waals surface area contributed by atoms with Crippen LogP contribution in [-0.2, 0) is 5.88 Å². The van der Waals surface area contributed by atoms with Crippen molar-refractivity contribution in [1.82, 2.24) is 4.98 Å². The number of aryl methyl sites for hydroxylation is 1. The van der Waals surface area contributed by atoms with E-state index in [1.54, 1.807) is 6.07 Å². The second-order valence-corrected chi connectivity index (χ2v) is 3.18. The number of nitrogens with zero attached hydrogens (tertiary/aromatic N) is 1. The summed E-state index contributed by atoms with van der Waals surface area (Å²) in [6.45, 7) is 1.90. The van der Waals surface area contributed by atoms with Gasteiger partial charge >= 0.3 is 0 Å². The fraction of sp³-hybridized carbons (Fsp3) is 0.286. The third-order valence-electron chi connectivity index (χ3n) is 1.40. The van der Waals surface area contributed by atoms with E-state index in [0.717, 1.165) is 11.1 Å². The van der Waals surface area contributed by atoms with Gasteiger partial charge in [0.25, 0.3) is 0 Å². The zero-order chi connectivity index (χ0) is 8.43. The molecule has 0 unspecified atom stereocenters. The number of hydrogen-bond acceptors (Lipinski definition) is 1. The van der Waals surface area contributed by atoms with Gasteiger partial charge in [-0.05, 0) is 18.6 Å². The Hall–Kier alpha value is 0.0200. The lowest BCUT2D eigenvalue weighted by Crippen LogP contribution is -1.90. The second kappa shape index (κ2) is 3.61. The largest absolute Gasteiger partial charge is 0.224 e. The molecule has 60 valence electrons. The summed E-state index contributed by atoms with van der Waals surface area (Å²) in [5.74, 6) is 0.370. The van der Waals surface area contributed by atoms with Crippen LogP contribution in [0.5, 0.6) is 0 Å². The maximum absolute atomic E-state index is 5.75. The summed E-state index contributed by atoms with van der Waals surface area (Å²) >= 11 is 17.0. The van der Waals surface area contributed by atoms with Crippen molar-refractivity contribution in [1.29, 1.82) is 0 Å². The molecule has 0 saturated heterocycles. The Kier molecular flexibility index (Phi) is 2.99. The molecule has 0 atom stereocenters. The molecule has 1 aromatic rings. The zero-order valence-corrected chi connectivity index (χ0v) is 8.13. The van der Waals surface area contributed by atoms with E-state index in [4.69, 9.17) is 34.8 Å².